The van der Waals surface area contributed by atoms with Crippen molar-refractivity contribution in [1.29, 1.82) is 0 Å². The van der Waals surface area contributed by atoms with Crippen molar-refractivity contribution >= 4 is 10.0 Å². The lowest BCUT2D eigenvalue weighted by Crippen LogP contribution is -2.47. The van der Waals surface area contributed by atoms with Crippen LogP contribution < -0.4 is 0 Å². The van der Waals surface area contributed by atoms with Crippen LogP contribution in [0.2, 0.25) is 0 Å². The number of hydrogen-bond donors (Lipinski definition) is 0. The van der Waals surface area contributed by atoms with Crippen molar-refractivity contribution in [2.75, 3.05) is 33.2 Å². The maximum Gasteiger partial charge on any atom is 0.238 e. The maximum atomic E-state index is 11.9. The Morgan fingerprint density at radius 2 is 1.71 bits per heavy atom. The summed E-state index contributed by atoms with van der Waals surface area (Å²) in [4.78, 5) is 2.58. The number of likely N-dealkylation sites (N-methyl/N-ethyl adjacent to an activating group) is 1. The summed E-state index contributed by atoms with van der Waals surface area (Å²) in [5.41, 5.74) is 0. The minimum Gasteiger partial charge on any atom is -0.304 e. The largest absolute Gasteiger partial charge is 0.304 e. The van der Waals surface area contributed by atoms with Gasteiger partial charge in [0.05, 0.1) is 4.91 Å². The maximum absolute atomic E-state index is 11.9. The van der Waals surface area contributed by atoms with Crippen LogP contribution in [0.3, 0.4) is 0 Å². The second-order valence-corrected chi connectivity index (χ2v) is 5.72. The van der Waals surface area contributed by atoms with Gasteiger partial charge in [-0.05, 0) is 20.9 Å². The van der Waals surface area contributed by atoms with Crippen molar-refractivity contribution in [1.82, 2.24) is 9.21 Å². The van der Waals surface area contributed by atoms with Gasteiger partial charge < -0.3 is 4.90 Å². The second kappa shape index (κ2) is 4.42. The van der Waals surface area contributed by atoms with Crippen LogP contribution in [0.25, 0.3) is 0 Å². The Balaban J connectivity index is 2.75. The molecule has 0 atom stereocenters. The van der Waals surface area contributed by atoms with Crippen molar-refractivity contribution in [2.45, 2.75) is 13.8 Å². The Morgan fingerprint density at radius 1 is 1.21 bits per heavy atom. The molecule has 0 amide bonds. The molecule has 0 aromatic heterocycles. The molecule has 14 heavy (non-hydrogen) atoms. The van der Waals surface area contributed by atoms with Crippen LogP contribution in [0.5, 0.6) is 0 Å². The van der Waals surface area contributed by atoms with Gasteiger partial charge in [0, 0.05) is 26.2 Å². The van der Waals surface area contributed by atoms with Crippen molar-refractivity contribution in [2.24, 2.45) is 0 Å². The molecule has 0 aliphatic carbocycles. The first-order valence-electron chi connectivity index (χ1n) is 4.80. The van der Waals surface area contributed by atoms with E-state index >= 15 is 0 Å². The molecule has 1 fully saturated rings. The highest BCUT2D eigenvalue weighted by atomic mass is 32.2. The van der Waals surface area contributed by atoms with Crippen molar-refractivity contribution in [3.8, 4) is 0 Å². The SMILES string of the molecule is CC=C(C)S(=O)(=O)N1CCN(C)CC1. The lowest BCUT2D eigenvalue weighted by atomic mass is 10.4. The van der Waals surface area contributed by atoms with E-state index in [1.165, 1.54) is 0 Å². The minimum absolute atomic E-state index is 0.446. The lowest BCUT2D eigenvalue weighted by molar-refractivity contribution is 0.223. The standard InChI is InChI=1S/C9H18N2O2S/c1-4-9(2)14(12,13)11-7-5-10(3)6-8-11/h4H,5-8H2,1-3H3. The lowest BCUT2D eigenvalue weighted by Gasteiger charge is -2.31. The van der Waals surface area contributed by atoms with Gasteiger partial charge in [-0.25, -0.2) is 8.42 Å². The molecule has 0 radical (unpaired) electrons. The highest BCUT2D eigenvalue weighted by molar-refractivity contribution is 7.93. The topological polar surface area (TPSA) is 40.6 Å². The zero-order valence-electron chi connectivity index (χ0n) is 9.02. The Morgan fingerprint density at radius 3 is 2.14 bits per heavy atom. The fraction of sp³-hybridized carbons (Fsp3) is 0.778. The predicted octanol–water partition coefficient (Wildman–Crippen LogP) is 0.487. The molecule has 0 bridgehead atoms. The van der Waals surface area contributed by atoms with Gasteiger partial charge in [-0.1, -0.05) is 6.08 Å². The monoisotopic (exact) mass is 218 g/mol. The van der Waals surface area contributed by atoms with Gasteiger partial charge in [0.15, 0.2) is 0 Å². The summed E-state index contributed by atoms with van der Waals surface area (Å²) >= 11 is 0. The van der Waals surface area contributed by atoms with E-state index in [4.69, 9.17) is 0 Å². The van der Waals surface area contributed by atoms with Crippen LogP contribution in [0.1, 0.15) is 13.8 Å². The summed E-state index contributed by atoms with van der Waals surface area (Å²) in [6.07, 6.45) is 1.65. The van der Waals surface area contributed by atoms with Gasteiger partial charge in [0.2, 0.25) is 10.0 Å². The Hall–Kier alpha value is -0.390. The van der Waals surface area contributed by atoms with E-state index in [1.54, 1.807) is 24.2 Å². The van der Waals surface area contributed by atoms with Crippen LogP contribution in [0.4, 0.5) is 0 Å². The molecule has 0 N–H and O–H groups in total. The third kappa shape index (κ3) is 2.34. The molecule has 0 saturated carbocycles. The highest BCUT2D eigenvalue weighted by Crippen LogP contribution is 2.14. The van der Waals surface area contributed by atoms with Gasteiger partial charge in [-0.15, -0.1) is 0 Å². The Labute approximate surface area is 86.2 Å². The third-order valence-corrected chi connectivity index (χ3v) is 4.71. The molecule has 1 saturated heterocycles. The van der Waals surface area contributed by atoms with Gasteiger partial charge in [-0.3, -0.25) is 0 Å². The number of sulfonamides is 1. The van der Waals surface area contributed by atoms with Crippen molar-refractivity contribution in [3.05, 3.63) is 11.0 Å². The molecule has 82 valence electrons. The zero-order valence-corrected chi connectivity index (χ0v) is 9.84. The Bertz CT molecular complexity index is 314. The zero-order chi connectivity index (χ0) is 10.8. The molecule has 0 aromatic carbocycles. The summed E-state index contributed by atoms with van der Waals surface area (Å²) in [5, 5.41) is 0. The molecule has 1 aliphatic rings. The van der Waals surface area contributed by atoms with Gasteiger partial charge in [0.1, 0.15) is 0 Å². The number of piperazine rings is 1. The fourth-order valence-corrected chi connectivity index (χ4v) is 2.73. The number of hydrogen-bond acceptors (Lipinski definition) is 3. The van der Waals surface area contributed by atoms with E-state index in [9.17, 15) is 8.42 Å². The molecule has 0 unspecified atom stereocenters. The van der Waals surface area contributed by atoms with E-state index in [-0.39, 0.29) is 0 Å². The summed E-state index contributed by atoms with van der Waals surface area (Å²) < 4.78 is 25.3. The number of nitrogens with zero attached hydrogens (tertiary/aromatic N) is 2. The van der Waals surface area contributed by atoms with Gasteiger partial charge in [0.25, 0.3) is 0 Å². The van der Waals surface area contributed by atoms with E-state index in [1.807, 2.05) is 7.05 Å². The van der Waals surface area contributed by atoms with E-state index < -0.39 is 10.0 Å². The molecular weight excluding hydrogens is 200 g/mol. The quantitative estimate of drug-likeness (QED) is 0.677. The average Bonchev–Trinajstić information content (AvgIpc) is 2.17. The van der Waals surface area contributed by atoms with E-state index in [2.05, 4.69) is 4.90 Å². The van der Waals surface area contributed by atoms with Crippen LogP contribution in [-0.4, -0.2) is 50.8 Å². The Kier molecular flexibility index (Phi) is 3.69. The molecule has 1 heterocycles. The molecule has 0 spiro atoms. The van der Waals surface area contributed by atoms with Crippen LogP contribution in [0.15, 0.2) is 11.0 Å². The number of allylic oxidation sites excluding steroid dienone is 2. The molecule has 5 heteroatoms. The molecule has 1 aliphatic heterocycles. The highest BCUT2D eigenvalue weighted by Gasteiger charge is 2.26. The molecule has 1 rings (SSSR count). The summed E-state index contributed by atoms with van der Waals surface area (Å²) in [7, 11) is -1.16. The number of rotatable bonds is 2. The fourth-order valence-electron chi connectivity index (χ4n) is 1.38. The first-order valence-corrected chi connectivity index (χ1v) is 6.24. The summed E-state index contributed by atoms with van der Waals surface area (Å²) in [6, 6.07) is 0. The summed E-state index contributed by atoms with van der Waals surface area (Å²) in [5.74, 6) is 0. The summed E-state index contributed by atoms with van der Waals surface area (Å²) in [6.45, 7) is 6.23. The first-order chi connectivity index (χ1) is 6.48. The molecular formula is C9H18N2O2S. The average molecular weight is 218 g/mol. The van der Waals surface area contributed by atoms with Gasteiger partial charge in [-0.2, -0.15) is 4.31 Å². The normalized spacial score (nSPS) is 22.6. The van der Waals surface area contributed by atoms with Gasteiger partial charge >= 0.3 is 0 Å². The van der Waals surface area contributed by atoms with Crippen LogP contribution in [-0.2, 0) is 10.0 Å². The van der Waals surface area contributed by atoms with Crippen molar-refractivity contribution < 1.29 is 8.42 Å². The molecule has 0 aromatic rings. The van der Waals surface area contributed by atoms with E-state index in [0.29, 0.717) is 18.0 Å². The second-order valence-electron chi connectivity index (χ2n) is 3.61. The minimum atomic E-state index is -3.17. The molecule has 4 nitrogen and oxygen atoms in total. The van der Waals surface area contributed by atoms with E-state index in [0.717, 1.165) is 13.1 Å². The predicted molar refractivity (Wildman–Crippen MR) is 57.4 cm³/mol. The van der Waals surface area contributed by atoms with Crippen LogP contribution >= 0.6 is 0 Å². The third-order valence-electron chi connectivity index (χ3n) is 2.62. The van der Waals surface area contributed by atoms with Crippen molar-refractivity contribution in [3.63, 3.8) is 0 Å². The first kappa shape index (κ1) is 11.7. The van der Waals surface area contributed by atoms with Crippen LogP contribution in [0, 0.1) is 0 Å². The smallest absolute Gasteiger partial charge is 0.238 e.